The number of nitrogens with two attached hydrogens (primary N) is 1. The molecule has 0 aromatic heterocycles. The maximum absolute atomic E-state index is 5.84. The molecule has 0 saturated heterocycles. The molecule has 0 spiro atoms. The zero-order valence-electron chi connectivity index (χ0n) is 10.1. The molecule has 2 nitrogen and oxygen atoms in total. The van der Waals surface area contributed by atoms with E-state index in [0.717, 1.165) is 21.9 Å². The summed E-state index contributed by atoms with van der Waals surface area (Å²) in [4.78, 5) is 0. The van der Waals surface area contributed by atoms with Gasteiger partial charge in [0.1, 0.15) is 5.75 Å². The van der Waals surface area contributed by atoms with E-state index < -0.39 is 0 Å². The van der Waals surface area contributed by atoms with Crippen molar-refractivity contribution in [3.63, 3.8) is 0 Å². The molecule has 0 heterocycles. The second-order valence-corrected chi connectivity index (χ2v) is 4.32. The third kappa shape index (κ3) is 3.05. The van der Waals surface area contributed by atoms with Crippen LogP contribution in [0, 0.1) is 0 Å². The Hall–Kier alpha value is -1.93. The van der Waals surface area contributed by atoms with Crippen LogP contribution in [-0.4, -0.2) is 7.11 Å². The Balaban J connectivity index is 2.27. The van der Waals surface area contributed by atoms with Crippen LogP contribution in [0.4, 0.5) is 5.69 Å². The quantitative estimate of drug-likeness (QED) is 0.665. The zero-order chi connectivity index (χ0) is 13.0. The smallest absolute Gasteiger partial charge is 0.126 e. The molecular formula is C15H14ClNO. The van der Waals surface area contributed by atoms with Crippen molar-refractivity contribution in [3.05, 3.63) is 58.6 Å². The minimum Gasteiger partial charge on any atom is -0.496 e. The first kappa shape index (κ1) is 12.5. The Morgan fingerprint density at radius 2 is 1.78 bits per heavy atom. The maximum Gasteiger partial charge on any atom is 0.126 e. The van der Waals surface area contributed by atoms with Crippen molar-refractivity contribution in [2.45, 2.75) is 0 Å². The normalized spacial score (nSPS) is 10.8. The summed E-state index contributed by atoms with van der Waals surface area (Å²) in [5.41, 5.74) is 8.50. The van der Waals surface area contributed by atoms with Crippen molar-refractivity contribution in [1.29, 1.82) is 0 Å². The maximum atomic E-state index is 5.84. The predicted octanol–water partition coefficient (Wildman–Crippen LogP) is 4.10. The second kappa shape index (κ2) is 5.61. The van der Waals surface area contributed by atoms with Gasteiger partial charge >= 0.3 is 0 Å². The van der Waals surface area contributed by atoms with Crippen LogP contribution in [0.5, 0.6) is 5.75 Å². The first-order valence-electron chi connectivity index (χ1n) is 5.56. The van der Waals surface area contributed by atoms with E-state index in [1.807, 2.05) is 54.6 Å². The van der Waals surface area contributed by atoms with Gasteiger partial charge in [0.25, 0.3) is 0 Å². The van der Waals surface area contributed by atoms with Crippen LogP contribution in [0.15, 0.2) is 42.5 Å². The zero-order valence-corrected chi connectivity index (χ0v) is 10.8. The SMILES string of the molecule is COc1ccc(N)cc1C=Cc1ccc(Cl)cc1. The lowest BCUT2D eigenvalue weighted by Gasteiger charge is -2.05. The molecule has 0 aliphatic rings. The van der Waals surface area contributed by atoms with Gasteiger partial charge in [-0.15, -0.1) is 0 Å². The third-order valence-corrected chi connectivity index (χ3v) is 2.83. The third-order valence-electron chi connectivity index (χ3n) is 2.58. The average molecular weight is 260 g/mol. The van der Waals surface area contributed by atoms with E-state index in [1.165, 1.54) is 0 Å². The first-order chi connectivity index (χ1) is 8.69. The number of anilines is 1. The molecule has 0 radical (unpaired) electrons. The molecule has 0 amide bonds. The van der Waals surface area contributed by atoms with Crippen molar-refractivity contribution >= 4 is 29.4 Å². The fourth-order valence-corrected chi connectivity index (χ4v) is 1.77. The highest BCUT2D eigenvalue weighted by Gasteiger charge is 1.99. The van der Waals surface area contributed by atoms with Crippen LogP contribution in [0.25, 0.3) is 12.2 Å². The second-order valence-electron chi connectivity index (χ2n) is 3.89. The van der Waals surface area contributed by atoms with Crippen LogP contribution < -0.4 is 10.5 Å². The number of halogens is 1. The Morgan fingerprint density at radius 1 is 1.06 bits per heavy atom. The summed E-state index contributed by atoms with van der Waals surface area (Å²) >= 11 is 5.84. The molecule has 2 rings (SSSR count). The lowest BCUT2D eigenvalue weighted by atomic mass is 10.1. The fraction of sp³-hybridized carbons (Fsp3) is 0.0667. The standard InChI is InChI=1S/C15H14ClNO/c1-18-15-9-8-14(17)10-12(15)5-2-11-3-6-13(16)7-4-11/h2-10H,17H2,1H3. The van der Waals surface area contributed by atoms with Gasteiger partial charge in [-0.3, -0.25) is 0 Å². The van der Waals surface area contributed by atoms with E-state index in [1.54, 1.807) is 7.11 Å². The van der Waals surface area contributed by atoms with Gasteiger partial charge in [-0.25, -0.2) is 0 Å². The fourth-order valence-electron chi connectivity index (χ4n) is 1.64. The molecule has 2 aromatic carbocycles. The largest absolute Gasteiger partial charge is 0.496 e. The Kier molecular flexibility index (Phi) is 3.90. The van der Waals surface area contributed by atoms with E-state index >= 15 is 0 Å². The summed E-state index contributed by atoms with van der Waals surface area (Å²) in [6.45, 7) is 0. The van der Waals surface area contributed by atoms with Crippen molar-refractivity contribution in [3.8, 4) is 5.75 Å². The van der Waals surface area contributed by atoms with Gasteiger partial charge in [0.2, 0.25) is 0 Å². The van der Waals surface area contributed by atoms with E-state index in [-0.39, 0.29) is 0 Å². The number of rotatable bonds is 3. The molecule has 0 aliphatic heterocycles. The molecule has 0 atom stereocenters. The lowest BCUT2D eigenvalue weighted by Crippen LogP contribution is -1.90. The minimum atomic E-state index is 0.714. The monoisotopic (exact) mass is 259 g/mol. The van der Waals surface area contributed by atoms with Gasteiger partial charge < -0.3 is 10.5 Å². The summed E-state index contributed by atoms with van der Waals surface area (Å²) in [5, 5.41) is 0.730. The molecule has 18 heavy (non-hydrogen) atoms. The van der Waals surface area contributed by atoms with E-state index in [2.05, 4.69) is 0 Å². The van der Waals surface area contributed by atoms with Crippen LogP contribution >= 0.6 is 11.6 Å². The molecule has 0 fully saturated rings. The molecule has 0 bridgehead atoms. The summed E-state index contributed by atoms with van der Waals surface area (Å²) in [5.74, 6) is 0.800. The summed E-state index contributed by atoms with van der Waals surface area (Å²) in [7, 11) is 1.64. The van der Waals surface area contributed by atoms with E-state index in [0.29, 0.717) is 5.69 Å². The lowest BCUT2D eigenvalue weighted by molar-refractivity contribution is 0.414. The van der Waals surface area contributed by atoms with Gasteiger partial charge in [-0.05, 0) is 35.9 Å². The van der Waals surface area contributed by atoms with Crippen LogP contribution in [0.2, 0.25) is 5.02 Å². The summed E-state index contributed by atoms with van der Waals surface area (Å²) in [6.07, 6.45) is 3.96. The first-order valence-corrected chi connectivity index (χ1v) is 5.94. The van der Waals surface area contributed by atoms with Gasteiger partial charge in [0.05, 0.1) is 7.11 Å². The molecule has 0 aliphatic carbocycles. The molecule has 92 valence electrons. The number of nitrogen functional groups attached to an aromatic ring is 1. The van der Waals surface area contributed by atoms with Crippen LogP contribution in [0.3, 0.4) is 0 Å². The Labute approximate surface area is 112 Å². The van der Waals surface area contributed by atoms with Crippen molar-refractivity contribution in [2.24, 2.45) is 0 Å². The highest BCUT2D eigenvalue weighted by Crippen LogP contribution is 2.23. The topological polar surface area (TPSA) is 35.2 Å². The highest BCUT2D eigenvalue weighted by atomic mass is 35.5. The summed E-state index contributed by atoms with van der Waals surface area (Å²) in [6, 6.07) is 13.2. The number of methoxy groups -OCH3 is 1. The van der Waals surface area contributed by atoms with Crippen molar-refractivity contribution < 1.29 is 4.74 Å². The summed E-state index contributed by atoms with van der Waals surface area (Å²) < 4.78 is 5.28. The molecular weight excluding hydrogens is 246 g/mol. The van der Waals surface area contributed by atoms with E-state index in [9.17, 15) is 0 Å². The molecule has 0 unspecified atom stereocenters. The molecule has 0 saturated carbocycles. The van der Waals surface area contributed by atoms with Crippen molar-refractivity contribution in [1.82, 2.24) is 0 Å². The Morgan fingerprint density at radius 3 is 2.44 bits per heavy atom. The van der Waals surface area contributed by atoms with E-state index in [4.69, 9.17) is 22.1 Å². The predicted molar refractivity (Wildman–Crippen MR) is 77.8 cm³/mol. The molecule has 2 aromatic rings. The number of benzene rings is 2. The Bertz CT molecular complexity index is 561. The minimum absolute atomic E-state index is 0.714. The highest BCUT2D eigenvalue weighted by molar-refractivity contribution is 6.30. The van der Waals surface area contributed by atoms with Gasteiger partial charge in [0, 0.05) is 16.3 Å². The number of ether oxygens (including phenoxy) is 1. The van der Waals surface area contributed by atoms with Gasteiger partial charge in [-0.1, -0.05) is 35.9 Å². The van der Waals surface area contributed by atoms with Gasteiger partial charge in [-0.2, -0.15) is 0 Å². The average Bonchev–Trinajstić information content (AvgIpc) is 2.38. The van der Waals surface area contributed by atoms with Crippen LogP contribution in [0.1, 0.15) is 11.1 Å². The van der Waals surface area contributed by atoms with Gasteiger partial charge in [0.15, 0.2) is 0 Å². The number of hydrogen-bond acceptors (Lipinski definition) is 2. The number of hydrogen-bond donors (Lipinski definition) is 1. The molecule has 3 heteroatoms. The van der Waals surface area contributed by atoms with Crippen molar-refractivity contribution in [2.75, 3.05) is 12.8 Å². The van der Waals surface area contributed by atoms with Crippen LogP contribution in [-0.2, 0) is 0 Å². The molecule has 2 N–H and O–H groups in total.